The third kappa shape index (κ3) is 6.33. The first-order chi connectivity index (χ1) is 13.3. The molecular weight excluding hydrogens is 368 g/mol. The zero-order chi connectivity index (χ0) is 20.5. The fourth-order valence-corrected chi connectivity index (χ4v) is 1.97. The lowest BCUT2D eigenvalue weighted by molar-refractivity contribution is -0.126. The van der Waals surface area contributed by atoms with Crippen molar-refractivity contribution < 1.29 is 30.0 Å². The molecule has 0 unspecified atom stereocenters. The maximum absolute atomic E-state index is 11.6. The van der Waals surface area contributed by atoms with E-state index in [2.05, 4.69) is 21.1 Å². The molecule has 0 radical (unpaired) electrons. The van der Waals surface area contributed by atoms with Crippen molar-refractivity contribution in [1.29, 1.82) is 0 Å². The van der Waals surface area contributed by atoms with Crippen molar-refractivity contribution in [3.8, 4) is 23.0 Å². The Kier molecular flexibility index (Phi) is 6.92. The van der Waals surface area contributed by atoms with Crippen LogP contribution in [-0.2, 0) is 9.59 Å². The lowest BCUT2D eigenvalue weighted by Gasteiger charge is -2.02. The lowest BCUT2D eigenvalue weighted by atomic mass is 10.2. The molecule has 2 amide bonds. The molecule has 0 aliphatic rings. The van der Waals surface area contributed by atoms with Crippen LogP contribution >= 0.6 is 0 Å². The first kappa shape index (κ1) is 20.2. The minimum atomic E-state index is -0.523. The van der Waals surface area contributed by atoms with Gasteiger partial charge in [0, 0.05) is 36.1 Å². The van der Waals surface area contributed by atoms with E-state index in [0.29, 0.717) is 11.1 Å². The number of carbonyl (C=O) groups is 2. The topological polar surface area (TPSA) is 164 Å². The van der Waals surface area contributed by atoms with Gasteiger partial charge in [0.25, 0.3) is 0 Å². The first-order valence-corrected chi connectivity index (χ1v) is 8.03. The van der Waals surface area contributed by atoms with Crippen LogP contribution in [0.3, 0.4) is 0 Å². The largest absolute Gasteiger partial charge is 0.508 e. The van der Waals surface area contributed by atoms with Crippen molar-refractivity contribution in [3.05, 3.63) is 47.5 Å². The molecule has 6 N–H and O–H groups in total. The second-order valence-electron chi connectivity index (χ2n) is 5.57. The summed E-state index contributed by atoms with van der Waals surface area (Å²) in [5, 5.41) is 44.8. The van der Waals surface area contributed by atoms with Crippen LogP contribution < -0.4 is 10.9 Å². The zero-order valence-electron chi connectivity index (χ0n) is 14.5. The standard InChI is InChI=1S/C18H18N4O6/c23-13-3-1-11(15(25)7-13)9-19-21-17(27)5-6-18(28)22-20-10-12-2-4-14(24)8-16(12)26/h1-4,7-10,23-26H,5-6H2,(H,21,27)(H,22,28)/b19-9+,20-10+. The van der Waals surface area contributed by atoms with Gasteiger partial charge in [-0.05, 0) is 24.3 Å². The van der Waals surface area contributed by atoms with Crippen LogP contribution in [0.5, 0.6) is 23.0 Å². The molecule has 0 spiro atoms. The molecule has 10 nitrogen and oxygen atoms in total. The second kappa shape index (κ2) is 9.57. The smallest absolute Gasteiger partial charge is 0.240 e. The fourth-order valence-electron chi connectivity index (χ4n) is 1.97. The molecule has 2 aromatic rings. The quantitative estimate of drug-likeness (QED) is 0.306. The summed E-state index contributed by atoms with van der Waals surface area (Å²) >= 11 is 0. The molecule has 0 aliphatic heterocycles. The molecule has 10 heteroatoms. The molecule has 0 heterocycles. The number of hydrazone groups is 2. The number of nitrogens with zero attached hydrogens (tertiary/aromatic N) is 2. The van der Waals surface area contributed by atoms with Crippen molar-refractivity contribution in [2.24, 2.45) is 10.2 Å². The van der Waals surface area contributed by atoms with Crippen molar-refractivity contribution >= 4 is 24.2 Å². The molecule has 28 heavy (non-hydrogen) atoms. The minimum Gasteiger partial charge on any atom is -0.508 e. The predicted octanol–water partition coefficient (Wildman–Crippen LogP) is 0.890. The van der Waals surface area contributed by atoms with Crippen LogP contribution in [0.4, 0.5) is 0 Å². The van der Waals surface area contributed by atoms with Crippen LogP contribution in [-0.4, -0.2) is 44.7 Å². The number of phenols is 4. The average Bonchev–Trinajstić information content (AvgIpc) is 2.63. The number of hydrogen-bond acceptors (Lipinski definition) is 8. The Morgan fingerprint density at radius 3 is 1.50 bits per heavy atom. The van der Waals surface area contributed by atoms with Gasteiger partial charge in [0.15, 0.2) is 0 Å². The van der Waals surface area contributed by atoms with Gasteiger partial charge in [0.1, 0.15) is 23.0 Å². The van der Waals surface area contributed by atoms with Gasteiger partial charge in [0.05, 0.1) is 12.4 Å². The molecule has 0 aliphatic carbocycles. The molecule has 2 aromatic carbocycles. The second-order valence-corrected chi connectivity index (χ2v) is 5.57. The van der Waals surface area contributed by atoms with E-state index in [4.69, 9.17) is 0 Å². The molecule has 0 fully saturated rings. The Morgan fingerprint density at radius 1 is 0.750 bits per heavy atom. The van der Waals surface area contributed by atoms with Crippen LogP contribution in [0.2, 0.25) is 0 Å². The van der Waals surface area contributed by atoms with Gasteiger partial charge in [-0.1, -0.05) is 0 Å². The monoisotopic (exact) mass is 386 g/mol. The molecule has 0 atom stereocenters. The maximum Gasteiger partial charge on any atom is 0.240 e. The molecular formula is C18H18N4O6. The summed E-state index contributed by atoms with van der Waals surface area (Å²) in [6.07, 6.45) is 2.10. The Morgan fingerprint density at radius 2 is 1.14 bits per heavy atom. The number of amides is 2. The Labute approximate surface area is 159 Å². The summed E-state index contributed by atoms with van der Waals surface area (Å²) in [5.74, 6) is -1.65. The van der Waals surface area contributed by atoms with Gasteiger partial charge in [-0.25, -0.2) is 10.9 Å². The third-order valence-corrected chi connectivity index (χ3v) is 3.39. The number of benzene rings is 2. The number of phenolic OH excluding ortho intramolecular Hbond substituents is 4. The summed E-state index contributed by atoms with van der Waals surface area (Å²) in [7, 11) is 0. The highest BCUT2D eigenvalue weighted by Gasteiger charge is 2.06. The molecule has 0 saturated carbocycles. The number of carbonyl (C=O) groups excluding carboxylic acids is 2. The Hall–Kier alpha value is -4.08. The number of hydrogen-bond donors (Lipinski definition) is 6. The Balaban J connectivity index is 1.73. The van der Waals surface area contributed by atoms with Gasteiger partial charge < -0.3 is 20.4 Å². The van der Waals surface area contributed by atoms with E-state index in [9.17, 15) is 30.0 Å². The summed E-state index contributed by atoms with van der Waals surface area (Å²) in [6, 6.07) is 7.80. The summed E-state index contributed by atoms with van der Waals surface area (Å²) < 4.78 is 0. The van der Waals surface area contributed by atoms with E-state index in [1.54, 1.807) is 0 Å². The van der Waals surface area contributed by atoms with Crippen LogP contribution in [0.25, 0.3) is 0 Å². The number of aromatic hydroxyl groups is 4. The van der Waals surface area contributed by atoms with Crippen LogP contribution in [0, 0.1) is 0 Å². The first-order valence-electron chi connectivity index (χ1n) is 8.03. The highest BCUT2D eigenvalue weighted by atomic mass is 16.3. The predicted molar refractivity (Wildman–Crippen MR) is 100 cm³/mol. The molecule has 146 valence electrons. The van der Waals surface area contributed by atoms with E-state index >= 15 is 0 Å². The molecule has 2 rings (SSSR count). The fraction of sp³-hybridized carbons (Fsp3) is 0.111. The Bertz CT molecular complexity index is 851. The normalized spacial score (nSPS) is 11.0. The summed E-state index contributed by atoms with van der Waals surface area (Å²) in [6.45, 7) is 0. The van der Waals surface area contributed by atoms with Gasteiger partial charge in [-0.2, -0.15) is 10.2 Å². The zero-order valence-corrected chi connectivity index (χ0v) is 14.5. The molecule has 0 bridgehead atoms. The number of nitrogens with one attached hydrogen (secondary N) is 2. The van der Waals surface area contributed by atoms with Crippen molar-refractivity contribution in [3.63, 3.8) is 0 Å². The van der Waals surface area contributed by atoms with Crippen molar-refractivity contribution in [2.75, 3.05) is 0 Å². The van der Waals surface area contributed by atoms with E-state index in [1.807, 2.05) is 0 Å². The molecule has 0 aromatic heterocycles. The molecule has 0 saturated heterocycles. The maximum atomic E-state index is 11.6. The van der Waals surface area contributed by atoms with Gasteiger partial charge >= 0.3 is 0 Å². The van der Waals surface area contributed by atoms with Gasteiger partial charge in [0.2, 0.25) is 11.8 Å². The summed E-state index contributed by atoms with van der Waals surface area (Å²) in [4.78, 5) is 23.3. The van der Waals surface area contributed by atoms with E-state index < -0.39 is 11.8 Å². The van der Waals surface area contributed by atoms with Gasteiger partial charge in [-0.15, -0.1) is 0 Å². The minimum absolute atomic E-state index is 0.104. The SMILES string of the molecule is O=C(CCC(=O)N/N=C/c1ccc(O)cc1O)N/N=C/c1ccc(O)cc1O. The number of rotatable bonds is 7. The van der Waals surface area contributed by atoms with Crippen LogP contribution in [0.1, 0.15) is 24.0 Å². The highest BCUT2D eigenvalue weighted by molar-refractivity contribution is 5.88. The average molecular weight is 386 g/mol. The van der Waals surface area contributed by atoms with Crippen LogP contribution in [0.15, 0.2) is 46.6 Å². The van der Waals surface area contributed by atoms with Crippen molar-refractivity contribution in [2.45, 2.75) is 12.8 Å². The lowest BCUT2D eigenvalue weighted by Crippen LogP contribution is -2.22. The van der Waals surface area contributed by atoms with E-state index in [1.165, 1.54) is 36.7 Å². The summed E-state index contributed by atoms with van der Waals surface area (Å²) in [5.41, 5.74) is 5.00. The highest BCUT2D eigenvalue weighted by Crippen LogP contribution is 2.21. The third-order valence-electron chi connectivity index (χ3n) is 3.39. The van der Waals surface area contributed by atoms with E-state index in [0.717, 1.165) is 12.1 Å². The van der Waals surface area contributed by atoms with Crippen molar-refractivity contribution in [1.82, 2.24) is 10.9 Å². The van der Waals surface area contributed by atoms with Gasteiger partial charge in [-0.3, -0.25) is 9.59 Å². The van der Waals surface area contributed by atoms with E-state index in [-0.39, 0.29) is 35.8 Å².